The zero-order valence-electron chi connectivity index (χ0n) is 13.5. The fraction of sp³-hybridized carbons (Fsp3) is 0.353. The van der Waals surface area contributed by atoms with E-state index in [0.717, 1.165) is 43.2 Å². The highest BCUT2D eigenvalue weighted by molar-refractivity contribution is 5.94. The van der Waals surface area contributed by atoms with Crippen molar-refractivity contribution in [2.45, 2.75) is 13.8 Å². The number of nitrogen functional groups attached to an aromatic ring is 1. The van der Waals surface area contributed by atoms with Crippen LogP contribution in [0, 0.1) is 6.92 Å². The van der Waals surface area contributed by atoms with Gasteiger partial charge < -0.3 is 15.5 Å². The molecule has 23 heavy (non-hydrogen) atoms. The molecular formula is C17H21N5O. The third-order valence-electron chi connectivity index (χ3n) is 4.09. The Morgan fingerprint density at radius 2 is 1.65 bits per heavy atom. The van der Waals surface area contributed by atoms with Crippen LogP contribution < -0.4 is 15.5 Å². The average Bonchev–Trinajstić information content (AvgIpc) is 2.54. The predicted octanol–water partition coefficient (Wildman–Crippen LogP) is 1.90. The fourth-order valence-electron chi connectivity index (χ4n) is 2.84. The average molecular weight is 311 g/mol. The Balaban J connectivity index is 1.67. The lowest BCUT2D eigenvalue weighted by atomic mass is 10.1. The van der Waals surface area contributed by atoms with Crippen LogP contribution in [0.1, 0.15) is 23.1 Å². The van der Waals surface area contributed by atoms with E-state index >= 15 is 0 Å². The molecule has 2 heterocycles. The number of aromatic nitrogens is 2. The van der Waals surface area contributed by atoms with Gasteiger partial charge in [0.2, 0.25) is 0 Å². The second kappa shape index (κ2) is 6.24. The number of aryl methyl sites for hydroxylation is 1. The molecule has 6 nitrogen and oxygen atoms in total. The van der Waals surface area contributed by atoms with Crippen LogP contribution in [0.4, 0.5) is 17.3 Å². The molecule has 0 saturated carbocycles. The van der Waals surface area contributed by atoms with Crippen molar-refractivity contribution in [3.8, 4) is 0 Å². The first-order valence-electron chi connectivity index (χ1n) is 7.75. The lowest BCUT2D eigenvalue weighted by Crippen LogP contribution is -2.46. The summed E-state index contributed by atoms with van der Waals surface area (Å²) in [6, 6.07) is 9.62. The maximum Gasteiger partial charge on any atom is 0.159 e. The van der Waals surface area contributed by atoms with Crippen LogP contribution in [0.2, 0.25) is 0 Å². The predicted molar refractivity (Wildman–Crippen MR) is 92.1 cm³/mol. The molecule has 0 bridgehead atoms. The van der Waals surface area contributed by atoms with Crippen molar-refractivity contribution in [2.24, 2.45) is 0 Å². The topological polar surface area (TPSA) is 75.4 Å². The molecule has 0 atom stereocenters. The minimum atomic E-state index is 0.0955. The number of piperazine rings is 1. The Morgan fingerprint density at radius 3 is 2.22 bits per heavy atom. The number of hydrogen-bond acceptors (Lipinski definition) is 6. The van der Waals surface area contributed by atoms with Gasteiger partial charge in [-0.1, -0.05) is 0 Å². The number of nitrogens with zero attached hydrogens (tertiary/aromatic N) is 4. The van der Waals surface area contributed by atoms with E-state index in [1.54, 1.807) is 6.92 Å². The summed E-state index contributed by atoms with van der Waals surface area (Å²) in [5.41, 5.74) is 7.70. The number of carbonyl (C=O) groups excluding carboxylic acids is 1. The Hall–Kier alpha value is -2.63. The molecule has 0 radical (unpaired) electrons. The third-order valence-corrected chi connectivity index (χ3v) is 4.09. The maximum atomic E-state index is 11.3. The highest BCUT2D eigenvalue weighted by Gasteiger charge is 2.19. The Labute approximate surface area is 135 Å². The van der Waals surface area contributed by atoms with Gasteiger partial charge in [0.1, 0.15) is 17.5 Å². The second-order valence-corrected chi connectivity index (χ2v) is 5.78. The van der Waals surface area contributed by atoms with E-state index in [0.29, 0.717) is 11.6 Å². The van der Waals surface area contributed by atoms with E-state index in [4.69, 9.17) is 5.73 Å². The number of carbonyl (C=O) groups is 1. The zero-order valence-corrected chi connectivity index (χ0v) is 13.5. The van der Waals surface area contributed by atoms with E-state index in [9.17, 15) is 4.79 Å². The van der Waals surface area contributed by atoms with Crippen LogP contribution >= 0.6 is 0 Å². The highest BCUT2D eigenvalue weighted by Crippen LogP contribution is 2.21. The van der Waals surface area contributed by atoms with Crippen molar-refractivity contribution in [1.29, 1.82) is 0 Å². The van der Waals surface area contributed by atoms with Crippen LogP contribution in [0.15, 0.2) is 30.3 Å². The molecule has 3 rings (SSSR count). The van der Waals surface area contributed by atoms with E-state index in [2.05, 4.69) is 19.8 Å². The quantitative estimate of drug-likeness (QED) is 0.873. The van der Waals surface area contributed by atoms with Gasteiger partial charge in [0.05, 0.1) is 0 Å². The van der Waals surface area contributed by atoms with Gasteiger partial charge in [-0.15, -0.1) is 0 Å². The van der Waals surface area contributed by atoms with Crippen LogP contribution in [-0.4, -0.2) is 41.9 Å². The normalized spacial score (nSPS) is 14.9. The van der Waals surface area contributed by atoms with Gasteiger partial charge in [-0.3, -0.25) is 4.79 Å². The molecule has 120 valence electrons. The van der Waals surface area contributed by atoms with E-state index in [1.807, 2.05) is 37.3 Å². The van der Waals surface area contributed by atoms with Crippen molar-refractivity contribution in [3.63, 3.8) is 0 Å². The molecule has 0 aliphatic carbocycles. The number of ketones is 1. The first kappa shape index (κ1) is 15.3. The minimum absolute atomic E-state index is 0.0955. The summed E-state index contributed by atoms with van der Waals surface area (Å²) in [6.45, 7) is 7.01. The standard InChI is InChI=1S/C17H21N5O/c1-12(23)14-3-5-15(6-4-14)21-7-9-22(10-8-21)17-11-16(18)19-13(2)20-17/h3-6,11H,7-10H2,1-2H3,(H2,18,19,20). The molecule has 0 unspecified atom stereocenters. The molecule has 2 aromatic rings. The van der Waals surface area contributed by atoms with Crippen molar-refractivity contribution < 1.29 is 4.79 Å². The molecule has 6 heteroatoms. The lowest BCUT2D eigenvalue weighted by molar-refractivity contribution is 0.101. The van der Waals surface area contributed by atoms with Gasteiger partial charge in [-0.25, -0.2) is 9.97 Å². The number of benzene rings is 1. The molecule has 1 fully saturated rings. The summed E-state index contributed by atoms with van der Waals surface area (Å²) in [7, 11) is 0. The summed E-state index contributed by atoms with van der Waals surface area (Å²) < 4.78 is 0. The molecule has 1 aromatic heterocycles. The Kier molecular flexibility index (Phi) is 4.14. The van der Waals surface area contributed by atoms with Crippen molar-refractivity contribution in [2.75, 3.05) is 41.7 Å². The number of hydrogen-bond donors (Lipinski definition) is 1. The summed E-state index contributed by atoms with van der Waals surface area (Å²) in [5.74, 6) is 2.19. The van der Waals surface area contributed by atoms with Crippen molar-refractivity contribution >= 4 is 23.1 Å². The molecular weight excluding hydrogens is 290 g/mol. The fourth-order valence-corrected chi connectivity index (χ4v) is 2.84. The number of Topliss-reactive ketones (excluding diaryl/α,β-unsaturated/α-hetero) is 1. The van der Waals surface area contributed by atoms with Gasteiger partial charge in [0.25, 0.3) is 0 Å². The highest BCUT2D eigenvalue weighted by atomic mass is 16.1. The second-order valence-electron chi connectivity index (χ2n) is 5.78. The van der Waals surface area contributed by atoms with E-state index in [1.165, 1.54) is 0 Å². The lowest BCUT2D eigenvalue weighted by Gasteiger charge is -2.36. The Bertz CT molecular complexity index is 685. The first-order chi connectivity index (χ1) is 11.0. The summed E-state index contributed by atoms with van der Waals surface area (Å²) in [5, 5.41) is 0. The van der Waals surface area contributed by atoms with Crippen molar-refractivity contribution in [3.05, 3.63) is 41.7 Å². The number of rotatable bonds is 3. The molecule has 1 aliphatic heterocycles. The van der Waals surface area contributed by atoms with Crippen LogP contribution in [0.3, 0.4) is 0 Å². The zero-order chi connectivity index (χ0) is 16.4. The number of anilines is 3. The minimum Gasteiger partial charge on any atom is -0.384 e. The largest absolute Gasteiger partial charge is 0.384 e. The van der Waals surface area contributed by atoms with Gasteiger partial charge in [-0.05, 0) is 38.1 Å². The third kappa shape index (κ3) is 3.41. The van der Waals surface area contributed by atoms with Crippen LogP contribution in [0.25, 0.3) is 0 Å². The van der Waals surface area contributed by atoms with Gasteiger partial charge >= 0.3 is 0 Å². The van der Waals surface area contributed by atoms with E-state index in [-0.39, 0.29) is 5.78 Å². The SMILES string of the molecule is CC(=O)c1ccc(N2CCN(c3cc(N)nc(C)n3)CC2)cc1. The maximum absolute atomic E-state index is 11.3. The van der Waals surface area contributed by atoms with Crippen LogP contribution in [0.5, 0.6) is 0 Å². The van der Waals surface area contributed by atoms with Crippen molar-refractivity contribution in [1.82, 2.24) is 9.97 Å². The molecule has 0 spiro atoms. The smallest absolute Gasteiger partial charge is 0.159 e. The van der Waals surface area contributed by atoms with Gasteiger partial charge in [0.15, 0.2) is 5.78 Å². The molecule has 1 aromatic carbocycles. The summed E-state index contributed by atoms with van der Waals surface area (Å²) in [4.78, 5) is 24.5. The van der Waals surface area contributed by atoms with Crippen LogP contribution in [-0.2, 0) is 0 Å². The number of nitrogens with two attached hydrogens (primary N) is 1. The Morgan fingerprint density at radius 1 is 1.04 bits per heavy atom. The van der Waals surface area contributed by atoms with E-state index < -0.39 is 0 Å². The molecule has 2 N–H and O–H groups in total. The van der Waals surface area contributed by atoms with Gasteiger partial charge in [-0.2, -0.15) is 0 Å². The van der Waals surface area contributed by atoms with Gasteiger partial charge in [0, 0.05) is 43.5 Å². The molecule has 1 aliphatic rings. The first-order valence-corrected chi connectivity index (χ1v) is 7.75. The molecule has 0 amide bonds. The monoisotopic (exact) mass is 311 g/mol. The summed E-state index contributed by atoms with van der Waals surface area (Å²) >= 11 is 0. The summed E-state index contributed by atoms with van der Waals surface area (Å²) in [6.07, 6.45) is 0. The molecule has 1 saturated heterocycles.